The Balaban J connectivity index is 2.93. The van der Waals surface area contributed by atoms with Crippen molar-refractivity contribution in [2.45, 2.75) is 6.04 Å². The molecule has 0 aromatic heterocycles. The van der Waals surface area contributed by atoms with Gasteiger partial charge in [0.25, 0.3) is 0 Å². The first kappa shape index (κ1) is 8.58. The Bertz CT molecular complexity index is 303. The van der Waals surface area contributed by atoms with Crippen molar-refractivity contribution in [1.82, 2.24) is 0 Å². The van der Waals surface area contributed by atoms with Gasteiger partial charge in [-0.3, -0.25) is 0 Å². The van der Waals surface area contributed by atoms with Crippen LogP contribution in [0.1, 0.15) is 17.2 Å². The number of terminal acetylenes is 1. The Hall–Kier alpha value is -1.52. The summed E-state index contributed by atoms with van der Waals surface area (Å²) < 4.78 is 0. The molecule has 60 valence electrons. The Morgan fingerprint density at radius 1 is 1.42 bits per heavy atom. The lowest BCUT2D eigenvalue weighted by Crippen LogP contribution is -2.05. The molecule has 0 spiro atoms. The second-order valence-corrected chi connectivity index (χ2v) is 2.53. The molecule has 0 saturated heterocycles. The molecule has 0 heterocycles. The third-order valence-electron chi connectivity index (χ3n) is 1.72. The summed E-state index contributed by atoms with van der Waals surface area (Å²) in [5.41, 5.74) is 7.62. The Morgan fingerprint density at radius 2 is 2.00 bits per heavy atom. The lowest BCUT2D eigenvalue weighted by Gasteiger charge is -2.05. The molecular formula is C11H11N. The Kier molecular flexibility index (Phi) is 2.68. The van der Waals surface area contributed by atoms with Crippen LogP contribution in [0, 0.1) is 12.3 Å². The molecule has 2 N–H and O–H groups in total. The topological polar surface area (TPSA) is 26.0 Å². The van der Waals surface area contributed by atoms with Gasteiger partial charge in [-0.05, 0) is 17.7 Å². The maximum atomic E-state index is 5.72. The van der Waals surface area contributed by atoms with Gasteiger partial charge in [-0.25, -0.2) is 0 Å². The minimum Gasteiger partial charge on any atom is -0.321 e. The van der Waals surface area contributed by atoms with Gasteiger partial charge >= 0.3 is 0 Å². The van der Waals surface area contributed by atoms with Crippen LogP contribution in [0.4, 0.5) is 0 Å². The van der Waals surface area contributed by atoms with Crippen molar-refractivity contribution in [2.24, 2.45) is 5.73 Å². The van der Waals surface area contributed by atoms with Crippen LogP contribution < -0.4 is 5.73 Å². The van der Waals surface area contributed by atoms with E-state index in [1.165, 1.54) is 0 Å². The fraction of sp³-hybridized carbons (Fsp3) is 0.0909. The summed E-state index contributed by atoms with van der Waals surface area (Å²) in [6.07, 6.45) is 6.91. The van der Waals surface area contributed by atoms with Crippen LogP contribution in [0.25, 0.3) is 0 Å². The van der Waals surface area contributed by atoms with Gasteiger partial charge in [0.15, 0.2) is 0 Å². The molecule has 12 heavy (non-hydrogen) atoms. The largest absolute Gasteiger partial charge is 0.321 e. The second-order valence-electron chi connectivity index (χ2n) is 2.53. The smallest absolute Gasteiger partial charge is 0.0478 e. The van der Waals surface area contributed by atoms with Crippen LogP contribution in [0.3, 0.4) is 0 Å². The highest BCUT2D eigenvalue weighted by molar-refractivity contribution is 5.35. The molecule has 0 aliphatic heterocycles. The predicted molar refractivity (Wildman–Crippen MR) is 51.5 cm³/mol. The Morgan fingerprint density at radius 3 is 2.42 bits per heavy atom. The third kappa shape index (κ3) is 1.75. The highest BCUT2D eigenvalue weighted by Crippen LogP contribution is 2.11. The normalized spacial score (nSPS) is 11.7. The van der Waals surface area contributed by atoms with Crippen molar-refractivity contribution in [3.63, 3.8) is 0 Å². The quantitative estimate of drug-likeness (QED) is 0.514. The van der Waals surface area contributed by atoms with Crippen LogP contribution in [-0.4, -0.2) is 0 Å². The van der Waals surface area contributed by atoms with E-state index in [9.17, 15) is 0 Å². The van der Waals surface area contributed by atoms with E-state index in [1.807, 2.05) is 24.3 Å². The van der Waals surface area contributed by atoms with Crippen LogP contribution in [0.15, 0.2) is 36.9 Å². The lowest BCUT2D eigenvalue weighted by molar-refractivity contribution is 0.914. The molecule has 1 heteroatoms. The highest BCUT2D eigenvalue weighted by atomic mass is 14.6. The van der Waals surface area contributed by atoms with Crippen LogP contribution >= 0.6 is 0 Å². The van der Waals surface area contributed by atoms with Gasteiger partial charge < -0.3 is 5.73 Å². The highest BCUT2D eigenvalue weighted by Gasteiger charge is 1.98. The summed E-state index contributed by atoms with van der Waals surface area (Å²) in [5, 5.41) is 0. The van der Waals surface area contributed by atoms with Crippen molar-refractivity contribution >= 4 is 0 Å². The number of hydrogen-bond acceptors (Lipinski definition) is 1. The van der Waals surface area contributed by atoms with Gasteiger partial charge in [-0.1, -0.05) is 24.1 Å². The molecule has 1 atom stereocenters. The summed E-state index contributed by atoms with van der Waals surface area (Å²) in [5.74, 6) is 2.54. The van der Waals surface area contributed by atoms with Crippen LogP contribution in [-0.2, 0) is 0 Å². The van der Waals surface area contributed by atoms with Gasteiger partial charge in [-0.15, -0.1) is 13.0 Å². The fourth-order valence-electron chi connectivity index (χ4n) is 0.938. The summed E-state index contributed by atoms with van der Waals surface area (Å²) in [7, 11) is 0. The van der Waals surface area contributed by atoms with E-state index < -0.39 is 0 Å². The molecule has 0 aliphatic rings. The van der Waals surface area contributed by atoms with Crippen molar-refractivity contribution in [3.05, 3.63) is 48.0 Å². The van der Waals surface area contributed by atoms with E-state index in [0.29, 0.717) is 0 Å². The summed E-state index contributed by atoms with van der Waals surface area (Å²) in [6.45, 7) is 3.61. The number of hydrogen-bond donors (Lipinski definition) is 1. The van der Waals surface area contributed by atoms with Crippen molar-refractivity contribution < 1.29 is 0 Å². The van der Waals surface area contributed by atoms with E-state index in [0.717, 1.165) is 11.1 Å². The standard InChI is InChI=1S/C11H11N/c1-3-9-5-7-10(8-6-9)11(12)4-2/h1,4-8,11H,2,12H2/t11-/m0/s1. The van der Waals surface area contributed by atoms with Gasteiger partial charge in [0.05, 0.1) is 0 Å². The second kappa shape index (κ2) is 3.75. The maximum Gasteiger partial charge on any atom is 0.0478 e. The van der Waals surface area contributed by atoms with Crippen LogP contribution in [0.2, 0.25) is 0 Å². The molecule has 1 aromatic carbocycles. The van der Waals surface area contributed by atoms with Gasteiger partial charge in [0, 0.05) is 11.6 Å². The fourth-order valence-corrected chi connectivity index (χ4v) is 0.938. The molecule has 0 bridgehead atoms. The third-order valence-corrected chi connectivity index (χ3v) is 1.72. The first-order chi connectivity index (χ1) is 5.77. The van der Waals surface area contributed by atoms with E-state index in [2.05, 4.69) is 12.5 Å². The summed E-state index contributed by atoms with van der Waals surface area (Å²) in [4.78, 5) is 0. The van der Waals surface area contributed by atoms with Gasteiger partial charge in [-0.2, -0.15) is 0 Å². The molecular weight excluding hydrogens is 146 g/mol. The molecule has 0 saturated carbocycles. The van der Waals surface area contributed by atoms with Gasteiger partial charge in [0.2, 0.25) is 0 Å². The van der Waals surface area contributed by atoms with E-state index in [4.69, 9.17) is 12.2 Å². The zero-order valence-corrected chi connectivity index (χ0v) is 6.83. The molecule has 1 rings (SSSR count). The predicted octanol–water partition coefficient (Wildman–Crippen LogP) is 1.85. The molecule has 0 unspecified atom stereocenters. The average Bonchev–Trinajstić information content (AvgIpc) is 2.17. The molecule has 0 aliphatic carbocycles. The van der Waals surface area contributed by atoms with Crippen molar-refractivity contribution in [2.75, 3.05) is 0 Å². The van der Waals surface area contributed by atoms with Gasteiger partial charge in [0.1, 0.15) is 0 Å². The average molecular weight is 157 g/mol. The SMILES string of the molecule is C#Cc1ccc([C@@H](N)C=C)cc1. The van der Waals surface area contributed by atoms with Crippen molar-refractivity contribution in [1.29, 1.82) is 0 Å². The summed E-state index contributed by atoms with van der Waals surface area (Å²) in [6, 6.07) is 7.48. The Labute approximate surface area is 72.9 Å². The number of rotatable bonds is 2. The monoisotopic (exact) mass is 157 g/mol. The van der Waals surface area contributed by atoms with Crippen molar-refractivity contribution in [3.8, 4) is 12.3 Å². The zero-order valence-electron chi connectivity index (χ0n) is 6.83. The molecule has 1 aromatic rings. The molecule has 0 amide bonds. The minimum absolute atomic E-state index is 0.100. The van der Waals surface area contributed by atoms with E-state index >= 15 is 0 Å². The first-order valence-electron chi connectivity index (χ1n) is 3.72. The first-order valence-corrected chi connectivity index (χ1v) is 3.72. The molecule has 0 radical (unpaired) electrons. The minimum atomic E-state index is -0.100. The maximum absolute atomic E-state index is 5.72. The van der Waals surface area contributed by atoms with E-state index in [-0.39, 0.29) is 6.04 Å². The zero-order chi connectivity index (χ0) is 8.97. The number of nitrogens with two attached hydrogens (primary N) is 1. The lowest BCUT2D eigenvalue weighted by atomic mass is 10.1. The number of benzene rings is 1. The van der Waals surface area contributed by atoms with Crippen LogP contribution in [0.5, 0.6) is 0 Å². The summed E-state index contributed by atoms with van der Waals surface area (Å²) >= 11 is 0. The van der Waals surface area contributed by atoms with E-state index in [1.54, 1.807) is 6.08 Å². The molecule has 0 fully saturated rings. The molecule has 1 nitrogen and oxygen atoms in total.